The predicted octanol–water partition coefficient (Wildman–Crippen LogP) is 4.71. The number of ether oxygens (including phenoxy) is 2. The molecule has 2 aromatic rings. The molecular formula is C20H26O3. The summed E-state index contributed by atoms with van der Waals surface area (Å²) in [6.45, 7) is 8.21. The van der Waals surface area contributed by atoms with E-state index < -0.39 is 0 Å². The molecule has 0 amide bonds. The fourth-order valence-electron chi connectivity index (χ4n) is 2.12. The summed E-state index contributed by atoms with van der Waals surface area (Å²) in [5.74, 6) is 0. The number of benzene rings is 2. The zero-order chi connectivity index (χ0) is 17.4. The van der Waals surface area contributed by atoms with Gasteiger partial charge in [-0.05, 0) is 56.0 Å². The minimum absolute atomic E-state index is 0.251. The molecule has 0 atom stereocenters. The van der Waals surface area contributed by atoms with Crippen LogP contribution in [0.5, 0.6) is 0 Å². The van der Waals surface area contributed by atoms with Crippen LogP contribution in [0.4, 0.5) is 0 Å². The Morgan fingerprint density at radius 2 is 1.30 bits per heavy atom. The molecule has 3 nitrogen and oxygen atoms in total. The van der Waals surface area contributed by atoms with Gasteiger partial charge in [0.15, 0.2) is 6.29 Å². The molecule has 0 N–H and O–H groups in total. The van der Waals surface area contributed by atoms with Crippen LogP contribution in [0.25, 0.3) is 0 Å². The summed E-state index contributed by atoms with van der Waals surface area (Å²) in [6.07, 6.45) is 0.617. The first-order valence-electron chi connectivity index (χ1n) is 7.58. The number of carbonyl (C=O) groups is 1. The molecule has 0 radical (unpaired) electrons. The summed E-state index contributed by atoms with van der Waals surface area (Å²) >= 11 is 0. The van der Waals surface area contributed by atoms with Crippen molar-refractivity contribution < 1.29 is 14.3 Å². The summed E-state index contributed by atoms with van der Waals surface area (Å²) < 4.78 is 10.3. The zero-order valence-electron chi connectivity index (χ0n) is 14.8. The third-order valence-electron chi connectivity index (χ3n) is 3.90. The van der Waals surface area contributed by atoms with Crippen LogP contribution in [-0.4, -0.2) is 20.5 Å². The summed E-state index contributed by atoms with van der Waals surface area (Å²) in [5, 5.41) is 0. The van der Waals surface area contributed by atoms with E-state index in [1.54, 1.807) is 14.2 Å². The van der Waals surface area contributed by atoms with Gasteiger partial charge in [0.1, 0.15) is 6.29 Å². The van der Waals surface area contributed by atoms with Gasteiger partial charge in [0.25, 0.3) is 0 Å². The Kier molecular flexibility index (Phi) is 7.66. The largest absolute Gasteiger partial charge is 0.352 e. The summed E-state index contributed by atoms with van der Waals surface area (Å²) in [6, 6.07) is 11.9. The molecule has 0 aliphatic rings. The van der Waals surface area contributed by atoms with Gasteiger partial charge in [-0.3, -0.25) is 4.79 Å². The van der Waals surface area contributed by atoms with Crippen LogP contribution >= 0.6 is 0 Å². The zero-order valence-corrected chi connectivity index (χ0v) is 14.8. The Balaban J connectivity index is 0.000000238. The average Bonchev–Trinajstić information content (AvgIpc) is 2.55. The van der Waals surface area contributed by atoms with Crippen molar-refractivity contribution in [2.45, 2.75) is 34.0 Å². The first-order chi connectivity index (χ1) is 10.9. The molecule has 0 aliphatic heterocycles. The van der Waals surface area contributed by atoms with E-state index in [1.165, 1.54) is 22.3 Å². The monoisotopic (exact) mass is 314 g/mol. The molecule has 0 fully saturated rings. The number of carbonyl (C=O) groups excluding carboxylic acids is 1. The molecule has 3 heteroatoms. The highest BCUT2D eigenvalue weighted by Crippen LogP contribution is 2.19. The van der Waals surface area contributed by atoms with Crippen LogP contribution in [0, 0.1) is 27.7 Å². The van der Waals surface area contributed by atoms with E-state index in [4.69, 9.17) is 9.47 Å². The van der Waals surface area contributed by atoms with E-state index in [0.717, 1.165) is 17.4 Å². The van der Waals surface area contributed by atoms with Crippen molar-refractivity contribution >= 4 is 6.29 Å². The van der Waals surface area contributed by atoms with E-state index in [2.05, 4.69) is 26.0 Å². The highest BCUT2D eigenvalue weighted by atomic mass is 16.7. The van der Waals surface area contributed by atoms with E-state index >= 15 is 0 Å². The summed E-state index contributed by atoms with van der Waals surface area (Å²) in [7, 11) is 3.28. The molecule has 0 heterocycles. The number of aldehydes is 1. The van der Waals surface area contributed by atoms with Gasteiger partial charge in [-0.2, -0.15) is 0 Å². The van der Waals surface area contributed by atoms with Gasteiger partial charge in [-0.15, -0.1) is 0 Å². The molecule has 0 aromatic heterocycles. The number of hydrogen-bond acceptors (Lipinski definition) is 3. The molecule has 2 rings (SSSR count). The topological polar surface area (TPSA) is 35.5 Å². The highest BCUT2D eigenvalue weighted by molar-refractivity contribution is 5.75. The van der Waals surface area contributed by atoms with Gasteiger partial charge in [-0.1, -0.05) is 30.3 Å². The van der Waals surface area contributed by atoms with Crippen LogP contribution in [0.15, 0.2) is 36.4 Å². The summed E-state index contributed by atoms with van der Waals surface area (Å²) in [4.78, 5) is 10.3. The minimum Gasteiger partial charge on any atom is -0.352 e. The fourth-order valence-corrected chi connectivity index (χ4v) is 2.12. The van der Waals surface area contributed by atoms with Crippen molar-refractivity contribution in [3.05, 3.63) is 69.8 Å². The standard InChI is InChI=1S/C11H16O2.C9H10O/c1-8-5-6-10(7-9(8)2)11(12-3)13-4;1-7-3-4-9(6-10)5-8(7)2/h5-7,11H,1-4H3;3-6H,1-2H3. The van der Waals surface area contributed by atoms with Gasteiger partial charge >= 0.3 is 0 Å². The average molecular weight is 314 g/mol. The molecule has 124 valence electrons. The second kappa shape index (κ2) is 9.23. The first kappa shape index (κ1) is 19.1. The van der Waals surface area contributed by atoms with Gasteiger partial charge in [0.2, 0.25) is 0 Å². The molecule has 0 bridgehead atoms. The van der Waals surface area contributed by atoms with Crippen molar-refractivity contribution in [3.8, 4) is 0 Å². The predicted molar refractivity (Wildman–Crippen MR) is 94.0 cm³/mol. The molecule has 23 heavy (non-hydrogen) atoms. The molecular weight excluding hydrogens is 288 g/mol. The summed E-state index contributed by atoms with van der Waals surface area (Å²) in [5.41, 5.74) is 6.76. The first-order valence-corrected chi connectivity index (χ1v) is 7.58. The van der Waals surface area contributed by atoms with Crippen molar-refractivity contribution in [1.29, 1.82) is 0 Å². The quantitative estimate of drug-likeness (QED) is 0.605. The van der Waals surface area contributed by atoms with Crippen molar-refractivity contribution in [3.63, 3.8) is 0 Å². The SMILES string of the molecule is COC(OC)c1ccc(C)c(C)c1.Cc1ccc(C=O)cc1C. The van der Waals surface area contributed by atoms with Crippen molar-refractivity contribution in [2.75, 3.05) is 14.2 Å². The number of hydrogen-bond donors (Lipinski definition) is 0. The van der Waals surface area contributed by atoms with Crippen LogP contribution < -0.4 is 0 Å². The molecule has 2 aromatic carbocycles. The number of aryl methyl sites for hydroxylation is 4. The third kappa shape index (κ3) is 5.62. The van der Waals surface area contributed by atoms with Crippen molar-refractivity contribution in [2.24, 2.45) is 0 Å². The van der Waals surface area contributed by atoms with Crippen LogP contribution in [0.1, 0.15) is 44.5 Å². The lowest BCUT2D eigenvalue weighted by atomic mass is 10.1. The lowest BCUT2D eigenvalue weighted by Gasteiger charge is -2.14. The second-order valence-electron chi connectivity index (χ2n) is 5.61. The maximum atomic E-state index is 10.3. The Bertz CT molecular complexity index is 643. The molecule has 0 saturated carbocycles. The molecule has 0 saturated heterocycles. The molecule has 0 spiro atoms. The van der Waals surface area contributed by atoms with E-state index in [-0.39, 0.29) is 6.29 Å². The third-order valence-corrected chi connectivity index (χ3v) is 3.90. The number of rotatable bonds is 4. The Morgan fingerprint density at radius 3 is 1.74 bits per heavy atom. The smallest absolute Gasteiger partial charge is 0.183 e. The van der Waals surface area contributed by atoms with Crippen LogP contribution in [0.2, 0.25) is 0 Å². The Labute approximate surface area is 139 Å². The number of methoxy groups -OCH3 is 2. The van der Waals surface area contributed by atoms with Crippen LogP contribution in [-0.2, 0) is 9.47 Å². The van der Waals surface area contributed by atoms with Gasteiger partial charge in [0, 0.05) is 25.3 Å². The lowest BCUT2D eigenvalue weighted by molar-refractivity contribution is -0.106. The minimum atomic E-state index is -0.251. The molecule has 0 unspecified atom stereocenters. The normalized spacial score (nSPS) is 10.2. The van der Waals surface area contributed by atoms with Crippen molar-refractivity contribution in [1.82, 2.24) is 0 Å². The Morgan fingerprint density at radius 1 is 0.783 bits per heavy atom. The Hall–Kier alpha value is -1.97. The van der Waals surface area contributed by atoms with E-state index in [1.807, 2.05) is 38.1 Å². The fraction of sp³-hybridized carbons (Fsp3) is 0.350. The maximum absolute atomic E-state index is 10.3. The van der Waals surface area contributed by atoms with E-state index in [0.29, 0.717) is 0 Å². The van der Waals surface area contributed by atoms with Gasteiger partial charge in [-0.25, -0.2) is 0 Å². The highest BCUT2D eigenvalue weighted by Gasteiger charge is 2.08. The maximum Gasteiger partial charge on any atom is 0.183 e. The van der Waals surface area contributed by atoms with Gasteiger partial charge in [0.05, 0.1) is 0 Å². The lowest BCUT2D eigenvalue weighted by Crippen LogP contribution is -2.03. The van der Waals surface area contributed by atoms with E-state index in [9.17, 15) is 4.79 Å². The van der Waals surface area contributed by atoms with Crippen LogP contribution in [0.3, 0.4) is 0 Å². The van der Waals surface area contributed by atoms with Gasteiger partial charge < -0.3 is 9.47 Å². The second-order valence-corrected chi connectivity index (χ2v) is 5.61. The molecule has 0 aliphatic carbocycles.